The van der Waals surface area contributed by atoms with Crippen LogP contribution in [-0.2, 0) is 21.2 Å². The van der Waals surface area contributed by atoms with Crippen molar-refractivity contribution in [3.05, 3.63) is 66.5 Å². The van der Waals surface area contributed by atoms with Crippen molar-refractivity contribution in [2.75, 3.05) is 23.8 Å². The second kappa shape index (κ2) is 9.90. The number of nitrogens with one attached hydrogen (secondary N) is 2. The topological polar surface area (TPSA) is 120 Å². The van der Waals surface area contributed by atoms with Gasteiger partial charge in [-0.3, -0.25) is 9.52 Å². The van der Waals surface area contributed by atoms with Gasteiger partial charge in [0, 0.05) is 18.1 Å². The van der Waals surface area contributed by atoms with Crippen LogP contribution in [0.4, 0.5) is 11.5 Å². The lowest BCUT2D eigenvalue weighted by Gasteiger charge is -2.11. The van der Waals surface area contributed by atoms with Gasteiger partial charge in [-0.05, 0) is 48.4 Å². The van der Waals surface area contributed by atoms with Gasteiger partial charge in [-0.25, -0.2) is 18.4 Å². The molecular formula is C21H22N4O5S. The highest BCUT2D eigenvalue weighted by molar-refractivity contribution is 7.92. The number of nitrogens with zero attached hydrogens (tertiary/aromatic N) is 2. The van der Waals surface area contributed by atoms with Crippen LogP contribution in [0.25, 0.3) is 0 Å². The first-order valence-corrected chi connectivity index (χ1v) is 10.9. The average molecular weight is 442 g/mol. The Balaban J connectivity index is 1.59. The molecule has 0 saturated carbocycles. The zero-order valence-corrected chi connectivity index (χ0v) is 17.8. The van der Waals surface area contributed by atoms with Gasteiger partial charge in [-0.1, -0.05) is 19.1 Å². The van der Waals surface area contributed by atoms with Crippen molar-refractivity contribution in [1.82, 2.24) is 9.97 Å². The van der Waals surface area contributed by atoms with Crippen molar-refractivity contribution in [1.29, 1.82) is 0 Å². The lowest BCUT2D eigenvalue weighted by molar-refractivity contribution is -0.118. The van der Waals surface area contributed by atoms with E-state index in [1.54, 1.807) is 0 Å². The van der Waals surface area contributed by atoms with Crippen LogP contribution in [0.1, 0.15) is 12.5 Å². The van der Waals surface area contributed by atoms with E-state index in [1.165, 1.54) is 49.3 Å². The largest absolute Gasteiger partial charge is 0.484 e. The number of carbonyl (C=O) groups is 1. The van der Waals surface area contributed by atoms with Gasteiger partial charge < -0.3 is 14.8 Å². The highest BCUT2D eigenvalue weighted by Gasteiger charge is 2.18. The van der Waals surface area contributed by atoms with Crippen molar-refractivity contribution in [3.63, 3.8) is 0 Å². The number of amides is 1. The molecule has 0 atom stereocenters. The van der Waals surface area contributed by atoms with Gasteiger partial charge in [0.05, 0.1) is 12.0 Å². The fraction of sp³-hybridized carbons (Fsp3) is 0.190. The SMILES string of the molecule is CCc1ccc(OCC(=O)Nc2ccc(S(=O)(=O)Nc3nccnc3OC)cc2)cc1. The second-order valence-electron chi connectivity index (χ2n) is 6.38. The molecule has 1 aromatic heterocycles. The van der Waals surface area contributed by atoms with Crippen molar-refractivity contribution in [2.24, 2.45) is 0 Å². The number of hydrogen-bond donors (Lipinski definition) is 2. The molecule has 2 aromatic carbocycles. The summed E-state index contributed by atoms with van der Waals surface area (Å²) in [4.78, 5) is 19.9. The first kappa shape index (κ1) is 22.0. The van der Waals surface area contributed by atoms with E-state index < -0.39 is 10.0 Å². The van der Waals surface area contributed by atoms with Crippen molar-refractivity contribution in [2.45, 2.75) is 18.2 Å². The third-order valence-electron chi connectivity index (χ3n) is 4.24. The second-order valence-corrected chi connectivity index (χ2v) is 8.06. The Kier molecular flexibility index (Phi) is 7.03. The normalized spacial score (nSPS) is 10.9. The molecule has 3 rings (SSSR count). The molecule has 31 heavy (non-hydrogen) atoms. The van der Waals surface area contributed by atoms with E-state index in [2.05, 4.69) is 26.9 Å². The van der Waals surface area contributed by atoms with Gasteiger partial charge in [-0.2, -0.15) is 0 Å². The summed E-state index contributed by atoms with van der Waals surface area (Å²) >= 11 is 0. The number of benzene rings is 2. The van der Waals surface area contributed by atoms with E-state index in [0.717, 1.165) is 6.42 Å². The zero-order valence-electron chi connectivity index (χ0n) is 17.0. The summed E-state index contributed by atoms with van der Waals surface area (Å²) in [5, 5.41) is 2.66. The molecule has 0 unspecified atom stereocenters. The Bertz CT molecular complexity index is 1130. The predicted octanol–water partition coefficient (Wildman–Crippen LogP) is 2.87. The lowest BCUT2D eigenvalue weighted by Crippen LogP contribution is -2.20. The average Bonchev–Trinajstić information content (AvgIpc) is 2.78. The number of sulfonamides is 1. The molecule has 0 radical (unpaired) electrons. The number of carbonyl (C=O) groups excluding carboxylic acids is 1. The number of aryl methyl sites for hydroxylation is 1. The maximum Gasteiger partial charge on any atom is 0.263 e. The predicted molar refractivity (Wildman–Crippen MR) is 116 cm³/mol. The van der Waals surface area contributed by atoms with Crippen LogP contribution < -0.4 is 19.5 Å². The van der Waals surface area contributed by atoms with E-state index in [9.17, 15) is 13.2 Å². The van der Waals surface area contributed by atoms with Crippen LogP contribution in [0.5, 0.6) is 11.6 Å². The number of ether oxygens (including phenoxy) is 2. The van der Waals surface area contributed by atoms with Crippen molar-refractivity contribution < 1.29 is 22.7 Å². The van der Waals surface area contributed by atoms with E-state index in [-0.39, 0.29) is 29.1 Å². The Morgan fingerprint density at radius 2 is 1.68 bits per heavy atom. The molecule has 0 aliphatic heterocycles. The van der Waals surface area contributed by atoms with Crippen LogP contribution in [0.15, 0.2) is 65.8 Å². The molecule has 1 amide bonds. The maximum atomic E-state index is 12.6. The molecule has 10 heteroatoms. The standard InChI is InChI=1S/C21H22N4O5S/c1-3-15-4-8-17(9-5-15)30-14-19(26)24-16-6-10-18(11-7-16)31(27,28)25-20-21(29-2)23-13-12-22-20/h4-13H,3,14H2,1-2H3,(H,22,25)(H,24,26). The first-order chi connectivity index (χ1) is 14.9. The monoisotopic (exact) mass is 442 g/mol. The van der Waals surface area contributed by atoms with Gasteiger partial charge >= 0.3 is 0 Å². The smallest absolute Gasteiger partial charge is 0.263 e. The van der Waals surface area contributed by atoms with Crippen molar-refractivity contribution in [3.8, 4) is 11.6 Å². The van der Waals surface area contributed by atoms with Crippen molar-refractivity contribution >= 4 is 27.4 Å². The molecule has 2 N–H and O–H groups in total. The Labute approximate surface area is 180 Å². The number of hydrogen-bond acceptors (Lipinski definition) is 7. The minimum Gasteiger partial charge on any atom is -0.484 e. The summed E-state index contributed by atoms with van der Waals surface area (Å²) < 4.78 is 37.9. The molecule has 0 fully saturated rings. The van der Waals surface area contributed by atoms with Crippen LogP contribution in [0.3, 0.4) is 0 Å². The summed E-state index contributed by atoms with van der Waals surface area (Å²) in [5.41, 5.74) is 1.62. The lowest BCUT2D eigenvalue weighted by atomic mass is 10.2. The molecule has 162 valence electrons. The third-order valence-corrected chi connectivity index (χ3v) is 5.59. The van der Waals surface area contributed by atoms with Crippen LogP contribution in [0, 0.1) is 0 Å². The molecule has 9 nitrogen and oxygen atoms in total. The summed E-state index contributed by atoms with van der Waals surface area (Å²) in [6.45, 7) is 1.89. The summed E-state index contributed by atoms with van der Waals surface area (Å²) in [7, 11) is -2.55. The van der Waals surface area contributed by atoms with Gasteiger partial charge in [0.15, 0.2) is 6.61 Å². The number of methoxy groups -OCH3 is 1. The third kappa shape index (κ3) is 5.92. The minimum absolute atomic E-state index is 0.00882. The number of anilines is 2. The molecular weight excluding hydrogens is 420 g/mol. The minimum atomic E-state index is -3.91. The fourth-order valence-corrected chi connectivity index (χ4v) is 3.62. The number of rotatable bonds is 9. The Hall–Kier alpha value is -3.66. The summed E-state index contributed by atoms with van der Waals surface area (Å²) in [6.07, 6.45) is 3.66. The highest BCUT2D eigenvalue weighted by Crippen LogP contribution is 2.22. The summed E-state index contributed by atoms with van der Waals surface area (Å²) in [5.74, 6) is 0.266. The van der Waals surface area contributed by atoms with Gasteiger partial charge in [0.1, 0.15) is 5.75 Å². The molecule has 0 bridgehead atoms. The van der Waals surface area contributed by atoms with Crippen LogP contribution >= 0.6 is 0 Å². The Morgan fingerprint density at radius 3 is 2.32 bits per heavy atom. The fourth-order valence-electron chi connectivity index (χ4n) is 2.62. The maximum absolute atomic E-state index is 12.6. The molecule has 0 spiro atoms. The van der Waals surface area contributed by atoms with Crippen LogP contribution in [-0.4, -0.2) is 38.0 Å². The molecule has 0 aliphatic carbocycles. The van der Waals surface area contributed by atoms with Gasteiger partial charge in [-0.15, -0.1) is 0 Å². The number of aromatic nitrogens is 2. The summed E-state index contributed by atoms with van der Waals surface area (Å²) in [6, 6.07) is 13.2. The molecule has 1 heterocycles. The first-order valence-electron chi connectivity index (χ1n) is 9.40. The van der Waals surface area contributed by atoms with E-state index in [1.807, 2.05) is 24.3 Å². The quantitative estimate of drug-likeness (QED) is 0.523. The van der Waals surface area contributed by atoms with Crippen LogP contribution in [0.2, 0.25) is 0 Å². The van der Waals surface area contributed by atoms with Gasteiger partial charge in [0.2, 0.25) is 5.82 Å². The highest BCUT2D eigenvalue weighted by atomic mass is 32.2. The zero-order chi connectivity index (χ0) is 22.3. The van der Waals surface area contributed by atoms with E-state index in [4.69, 9.17) is 9.47 Å². The van der Waals surface area contributed by atoms with Gasteiger partial charge in [0.25, 0.3) is 21.8 Å². The molecule has 0 aliphatic rings. The van der Waals surface area contributed by atoms with E-state index >= 15 is 0 Å². The van der Waals surface area contributed by atoms with E-state index in [0.29, 0.717) is 11.4 Å². The molecule has 0 saturated heterocycles. The molecule has 3 aromatic rings. The Morgan fingerprint density at radius 1 is 1.00 bits per heavy atom.